The summed E-state index contributed by atoms with van der Waals surface area (Å²) < 4.78 is 33.3. The number of amides is 1. The summed E-state index contributed by atoms with van der Waals surface area (Å²) >= 11 is 0. The van der Waals surface area contributed by atoms with Crippen molar-refractivity contribution in [2.45, 2.75) is 295 Å². The zero-order valence-corrected chi connectivity index (χ0v) is 42.0. The second kappa shape index (κ2) is 40.3. The SMILES string of the molecule is CCCCCCCCCCCCCCCC(=O)O[C@H](CCCCCCCCCCC)CC(=O)N[C@H]1[C@@H](OP(=O)([O-])[O-])O[C@H](CO)[C@@H](O)[C@@H]1OC(=O)C[C@H](O)CCCCCCCCCCC. The standard InChI is InChI=1S/C50H96NO13P/c1-4-7-10-13-16-19-20-21-22-25-28-31-34-37-45(55)61-42(36-33-30-27-24-18-15-12-9-6-3)39-44(54)51-47-49(48(57)43(40-52)62-50(47)64-65(58,59)60)63-46(56)38-41(53)35-32-29-26-23-17-14-11-8-5-2/h41-43,47-50,52-53,57H,4-40H2,1-3H3,(H,51,54)(H2,58,59,60)/p-2/t41-,42-,43-,47-,48-,49-,50-/m1/s1. The molecule has 0 spiro atoms. The molecule has 0 unspecified atom stereocenters. The van der Waals surface area contributed by atoms with Gasteiger partial charge in [-0.25, -0.2) is 0 Å². The van der Waals surface area contributed by atoms with Crippen molar-refractivity contribution in [3.63, 3.8) is 0 Å². The van der Waals surface area contributed by atoms with E-state index in [4.69, 9.17) is 14.2 Å². The largest absolute Gasteiger partial charge is 0.790 e. The van der Waals surface area contributed by atoms with E-state index < -0.39 is 81.5 Å². The summed E-state index contributed by atoms with van der Waals surface area (Å²) in [5.74, 6) is -2.13. The fourth-order valence-corrected chi connectivity index (χ4v) is 9.07. The van der Waals surface area contributed by atoms with Crippen LogP contribution in [0.2, 0.25) is 0 Å². The Hall–Kier alpha value is -1.64. The number of phosphoric ester groups is 1. The van der Waals surface area contributed by atoms with Crippen LogP contribution in [0.15, 0.2) is 0 Å². The Bertz CT molecular complexity index is 1220. The summed E-state index contributed by atoms with van der Waals surface area (Å²) in [5, 5.41) is 34.2. The molecule has 0 aromatic rings. The van der Waals surface area contributed by atoms with E-state index in [1.165, 1.54) is 116 Å². The first-order chi connectivity index (χ1) is 31.3. The van der Waals surface area contributed by atoms with Crippen molar-refractivity contribution in [3.8, 4) is 0 Å². The van der Waals surface area contributed by atoms with Crippen molar-refractivity contribution < 1.29 is 62.8 Å². The van der Waals surface area contributed by atoms with E-state index in [9.17, 15) is 44.1 Å². The highest BCUT2D eigenvalue weighted by atomic mass is 31.2. The first-order valence-electron chi connectivity index (χ1n) is 26.4. The van der Waals surface area contributed by atoms with Gasteiger partial charge in [0.25, 0.3) is 0 Å². The molecule has 0 aliphatic carbocycles. The highest BCUT2D eigenvalue weighted by Crippen LogP contribution is 2.35. The molecule has 1 aliphatic rings. The molecule has 0 aromatic heterocycles. The lowest BCUT2D eigenvalue weighted by atomic mass is 9.96. The summed E-state index contributed by atoms with van der Waals surface area (Å²) in [6.07, 6.45) is 25.8. The normalized spacial score (nSPS) is 19.8. The molecule has 14 nitrogen and oxygen atoms in total. The van der Waals surface area contributed by atoms with Gasteiger partial charge in [0.1, 0.15) is 24.4 Å². The Morgan fingerprint density at radius 2 is 1.03 bits per heavy atom. The minimum absolute atomic E-state index is 0.208. The van der Waals surface area contributed by atoms with Gasteiger partial charge in [-0.05, 0) is 25.7 Å². The zero-order chi connectivity index (χ0) is 48.0. The van der Waals surface area contributed by atoms with Gasteiger partial charge in [0.15, 0.2) is 12.4 Å². The Morgan fingerprint density at radius 3 is 1.46 bits per heavy atom. The maximum Gasteiger partial charge on any atom is 0.308 e. The molecule has 1 fully saturated rings. The minimum atomic E-state index is -5.78. The maximum absolute atomic E-state index is 13.7. The lowest BCUT2D eigenvalue weighted by Crippen LogP contribution is -2.66. The van der Waals surface area contributed by atoms with Crippen molar-refractivity contribution in [1.29, 1.82) is 0 Å². The minimum Gasteiger partial charge on any atom is -0.790 e. The fourth-order valence-electron chi connectivity index (χ4n) is 8.63. The molecule has 1 aliphatic heterocycles. The quantitative estimate of drug-likeness (QED) is 0.0254. The molecule has 0 radical (unpaired) electrons. The van der Waals surface area contributed by atoms with Gasteiger partial charge in [-0.2, -0.15) is 0 Å². The highest BCUT2D eigenvalue weighted by molar-refractivity contribution is 7.43. The molecule has 384 valence electrons. The second-order valence-electron chi connectivity index (χ2n) is 18.7. The van der Waals surface area contributed by atoms with Gasteiger partial charge in [-0.15, -0.1) is 0 Å². The van der Waals surface area contributed by atoms with E-state index in [1.54, 1.807) is 0 Å². The van der Waals surface area contributed by atoms with Crippen molar-refractivity contribution in [3.05, 3.63) is 0 Å². The molecule has 4 N–H and O–H groups in total. The van der Waals surface area contributed by atoms with Gasteiger partial charge in [-0.3, -0.25) is 14.4 Å². The summed E-state index contributed by atoms with van der Waals surface area (Å²) in [6, 6.07) is -1.72. The Labute approximate surface area is 394 Å². The van der Waals surface area contributed by atoms with Gasteiger partial charge in [0.2, 0.25) is 5.91 Å². The number of carbonyl (C=O) groups is 3. The zero-order valence-electron chi connectivity index (χ0n) is 41.1. The summed E-state index contributed by atoms with van der Waals surface area (Å²) in [6.45, 7) is 5.73. The third kappa shape index (κ3) is 33.5. The molecule has 1 amide bonds. The Balaban J connectivity index is 2.90. The molecule has 1 heterocycles. The number of hydrogen-bond donors (Lipinski definition) is 4. The van der Waals surface area contributed by atoms with Crippen LogP contribution in [-0.2, 0) is 37.7 Å². The molecule has 1 saturated heterocycles. The van der Waals surface area contributed by atoms with Gasteiger partial charge in [-0.1, -0.05) is 207 Å². The van der Waals surface area contributed by atoms with Gasteiger partial charge >= 0.3 is 11.9 Å². The molecule has 15 heteroatoms. The van der Waals surface area contributed by atoms with Crippen LogP contribution in [0.5, 0.6) is 0 Å². The van der Waals surface area contributed by atoms with Crippen LogP contribution in [0.3, 0.4) is 0 Å². The van der Waals surface area contributed by atoms with Gasteiger partial charge in [0.05, 0.1) is 33.4 Å². The Kier molecular flexibility index (Phi) is 38.0. The molecule has 0 aromatic carbocycles. The van der Waals surface area contributed by atoms with Crippen molar-refractivity contribution >= 4 is 25.7 Å². The first-order valence-corrected chi connectivity index (χ1v) is 27.8. The molecular formula is C50H94NO13P-2. The van der Waals surface area contributed by atoms with E-state index in [-0.39, 0.29) is 12.8 Å². The predicted molar refractivity (Wildman–Crippen MR) is 251 cm³/mol. The number of rotatable bonds is 44. The molecule has 7 atom stereocenters. The van der Waals surface area contributed by atoms with Crippen LogP contribution in [0, 0.1) is 0 Å². The predicted octanol–water partition coefficient (Wildman–Crippen LogP) is 9.68. The van der Waals surface area contributed by atoms with E-state index in [0.717, 1.165) is 64.2 Å². The molecule has 0 saturated carbocycles. The van der Waals surface area contributed by atoms with Crippen molar-refractivity contribution in [1.82, 2.24) is 5.32 Å². The molecular weight excluding hydrogens is 854 g/mol. The number of hydrogen-bond acceptors (Lipinski definition) is 13. The van der Waals surface area contributed by atoms with Crippen LogP contribution in [0.1, 0.15) is 252 Å². The third-order valence-corrected chi connectivity index (χ3v) is 13.0. The Morgan fingerprint density at radius 1 is 0.615 bits per heavy atom. The van der Waals surface area contributed by atoms with Crippen LogP contribution in [-0.4, -0.2) is 82.6 Å². The average Bonchev–Trinajstić information content (AvgIpc) is 3.25. The first kappa shape index (κ1) is 61.4. The van der Waals surface area contributed by atoms with Gasteiger partial charge in [0, 0.05) is 6.42 Å². The summed E-state index contributed by atoms with van der Waals surface area (Å²) in [7, 11) is -5.78. The second-order valence-corrected chi connectivity index (χ2v) is 19.8. The number of nitrogens with one attached hydrogen (secondary N) is 1. The number of ether oxygens (including phenoxy) is 3. The van der Waals surface area contributed by atoms with E-state index in [0.29, 0.717) is 32.1 Å². The lowest BCUT2D eigenvalue weighted by Gasteiger charge is -2.46. The number of esters is 2. The van der Waals surface area contributed by atoms with E-state index in [1.807, 2.05) is 0 Å². The van der Waals surface area contributed by atoms with E-state index >= 15 is 0 Å². The number of carbonyl (C=O) groups excluding carboxylic acids is 3. The van der Waals surface area contributed by atoms with Crippen LogP contribution in [0.4, 0.5) is 0 Å². The topological polar surface area (TPSA) is 224 Å². The van der Waals surface area contributed by atoms with Crippen LogP contribution < -0.4 is 15.1 Å². The molecule has 0 bridgehead atoms. The van der Waals surface area contributed by atoms with Crippen molar-refractivity contribution in [2.24, 2.45) is 0 Å². The number of aliphatic hydroxyl groups is 3. The third-order valence-electron chi connectivity index (χ3n) is 12.6. The monoisotopic (exact) mass is 948 g/mol. The molecule has 65 heavy (non-hydrogen) atoms. The lowest BCUT2D eigenvalue weighted by molar-refractivity contribution is -0.362. The fraction of sp³-hybridized carbons (Fsp3) is 0.940. The van der Waals surface area contributed by atoms with Gasteiger partial charge < -0.3 is 53.7 Å². The van der Waals surface area contributed by atoms with Crippen LogP contribution >= 0.6 is 7.82 Å². The maximum atomic E-state index is 13.7. The number of aliphatic hydroxyl groups excluding tert-OH is 3. The average molecular weight is 948 g/mol. The number of unbranched alkanes of at least 4 members (excludes halogenated alkanes) is 28. The summed E-state index contributed by atoms with van der Waals surface area (Å²) in [4.78, 5) is 63.7. The number of phosphoric acid groups is 1. The van der Waals surface area contributed by atoms with E-state index in [2.05, 4.69) is 30.6 Å². The smallest absolute Gasteiger partial charge is 0.308 e. The van der Waals surface area contributed by atoms with Crippen LogP contribution in [0.25, 0.3) is 0 Å². The highest BCUT2D eigenvalue weighted by Gasteiger charge is 2.49. The van der Waals surface area contributed by atoms with Crippen molar-refractivity contribution in [2.75, 3.05) is 6.61 Å². The molecule has 1 rings (SSSR count). The summed E-state index contributed by atoms with van der Waals surface area (Å²) in [5.41, 5.74) is 0.